The second-order valence-corrected chi connectivity index (χ2v) is 7.31. The van der Waals surface area contributed by atoms with Gasteiger partial charge in [-0.05, 0) is 38.7 Å². The van der Waals surface area contributed by atoms with E-state index in [1.54, 1.807) is 0 Å². The van der Waals surface area contributed by atoms with E-state index in [1.165, 1.54) is 0 Å². The van der Waals surface area contributed by atoms with Crippen LogP contribution in [0.2, 0.25) is 0 Å². The van der Waals surface area contributed by atoms with Crippen LogP contribution in [0.25, 0.3) is 22.4 Å². The van der Waals surface area contributed by atoms with Crippen molar-refractivity contribution in [1.82, 2.24) is 29.0 Å². The van der Waals surface area contributed by atoms with Crippen molar-refractivity contribution >= 4 is 17.2 Å². The first-order valence-electron chi connectivity index (χ1n) is 9.34. The van der Waals surface area contributed by atoms with Crippen molar-refractivity contribution in [3.63, 3.8) is 0 Å². The average molecular weight is 362 g/mol. The molecule has 8 heteroatoms. The maximum absolute atomic E-state index is 5.99. The molecule has 4 heterocycles. The molecule has 3 N–H and O–H groups in total. The van der Waals surface area contributed by atoms with Gasteiger partial charge in [0.15, 0.2) is 0 Å². The molecule has 0 unspecified atom stereocenters. The zero-order chi connectivity index (χ0) is 18.4. The topological polar surface area (TPSA) is 98.4 Å². The SMILES string of the molecule is Cc1cnc2ncc(-c3ccn4nc(NC5CCC(N)CC5)ncc34)cn12. The van der Waals surface area contributed by atoms with Crippen LogP contribution in [-0.2, 0) is 0 Å². The number of imidazole rings is 1. The fourth-order valence-electron chi connectivity index (χ4n) is 3.78. The molecule has 0 bridgehead atoms. The second-order valence-electron chi connectivity index (χ2n) is 7.31. The van der Waals surface area contributed by atoms with E-state index in [9.17, 15) is 0 Å². The summed E-state index contributed by atoms with van der Waals surface area (Å²) in [6.07, 6.45) is 13.8. The Bertz CT molecular complexity index is 1100. The Kier molecular flexibility index (Phi) is 3.78. The lowest BCUT2D eigenvalue weighted by atomic mass is 9.92. The Morgan fingerprint density at radius 3 is 2.74 bits per heavy atom. The summed E-state index contributed by atoms with van der Waals surface area (Å²) < 4.78 is 3.85. The molecule has 138 valence electrons. The van der Waals surface area contributed by atoms with Crippen molar-refractivity contribution in [3.05, 3.63) is 42.7 Å². The Morgan fingerprint density at radius 1 is 1.07 bits per heavy atom. The first-order valence-corrected chi connectivity index (χ1v) is 9.34. The molecule has 0 aliphatic heterocycles. The highest BCUT2D eigenvalue weighted by atomic mass is 15.3. The summed E-state index contributed by atoms with van der Waals surface area (Å²) in [5.41, 5.74) is 10.0. The van der Waals surface area contributed by atoms with Crippen LogP contribution in [0, 0.1) is 6.92 Å². The van der Waals surface area contributed by atoms with E-state index in [-0.39, 0.29) is 0 Å². The van der Waals surface area contributed by atoms with Crippen molar-refractivity contribution in [2.75, 3.05) is 5.32 Å². The highest BCUT2D eigenvalue weighted by molar-refractivity contribution is 5.79. The van der Waals surface area contributed by atoms with Gasteiger partial charge in [-0.25, -0.2) is 19.5 Å². The lowest BCUT2D eigenvalue weighted by Gasteiger charge is -2.26. The van der Waals surface area contributed by atoms with E-state index >= 15 is 0 Å². The molecule has 0 radical (unpaired) electrons. The monoisotopic (exact) mass is 362 g/mol. The highest BCUT2D eigenvalue weighted by Crippen LogP contribution is 2.26. The molecule has 1 saturated carbocycles. The molecule has 4 aromatic rings. The number of anilines is 1. The molecular weight excluding hydrogens is 340 g/mol. The van der Waals surface area contributed by atoms with Gasteiger partial charge in [0, 0.05) is 47.5 Å². The van der Waals surface area contributed by atoms with Crippen LogP contribution in [0.4, 0.5) is 5.95 Å². The van der Waals surface area contributed by atoms with Gasteiger partial charge in [-0.1, -0.05) is 0 Å². The van der Waals surface area contributed by atoms with Crippen molar-refractivity contribution in [1.29, 1.82) is 0 Å². The number of aryl methyl sites for hydroxylation is 1. The van der Waals surface area contributed by atoms with E-state index in [0.29, 0.717) is 23.8 Å². The third-order valence-corrected chi connectivity index (χ3v) is 5.38. The second kappa shape index (κ2) is 6.31. The Morgan fingerprint density at radius 2 is 1.89 bits per heavy atom. The first kappa shape index (κ1) is 16.2. The summed E-state index contributed by atoms with van der Waals surface area (Å²) in [5, 5.41) is 8.08. The van der Waals surface area contributed by atoms with E-state index in [1.807, 2.05) is 46.7 Å². The molecule has 1 fully saturated rings. The zero-order valence-corrected chi connectivity index (χ0v) is 15.2. The highest BCUT2D eigenvalue weighted by Gasteiger charge is 2.19. The molecule has 1 aliphatic carbocycles. The van der Waals surface area contributed by atoms with Crippen LogP contribution in [0.5, 0.6) is 0 Å². The van der Waals surface area contributed by atoms with Crippen LogP contribution in [-0.4, -0.2) is 41.1 Å². The lowest BCUT2D eigenvalue weighted by Crippen LogP contribution is -2.33. The van der Waals surface area contributed by atoms with Gasteiger partial charge in [-0.2, -0.15) is 0 Å². The van der Waals surface area contributed by atoms with Gasteiger partial charge in [0.1, 0.15) is 0 Å². The predicted octanol–water partition coefficient (Wildman–Crippen LogP) is 2.43. The number of nitrogens with two attached hydrogens (primary N) is 1. The predicted molar refractivity (Wildman–Crippen MR) is 104 cm³/mol. The molecule has 0 aromatic carbocycles. The Hall–Kier alpha value is -3.00. The number of nitrogens with zero attached hydrogens (tertiary/aromatic N) is 6. The average Bonchev–Trinajstić information content (AvgIpc) is 3.27. The maximum Gasteiger partial charge on any atom is 0.241 e. The first-order chi connectivity index (χ1) is 13.2. The van der Waals surface area contributed by atoms with Crippen molar-refractivity contribution in [2.24, 2.45) is 5.73 Å². The van der Waals surface area contributed by atoms with E-state index < -0.39 is 0 Å². The van der Waals surface area contributed by atoms with Gasteiger partial charge in [0.05, 0.1) is 17.9 Å². The summed E-state index contributed by atoms with van der Waals surface area (Å²) in [5.74, 6) is 1.36. The summed E-state index contributed by atoms with van der Waals surface area (Å²) in [6, 6.07) is 2.78. The molecule has 5 rings (SSSR count). The molecule has 0 spiro atoms. The number of aromatic nitrogens is 6. The zero-order valence-electron chi connectivity index (χ0n) is 15.2. The summed E-state index contributed by atoms with van der Waals surface area (Å²) in [6.45, 7) is 2.02. The van der Waals surface area contributed by atoms with Gasteiger partial charge in [-0.3, -0.25) is 4.40 Å². The third kappa shape index (κ3) is 2.91. The smallest absolute Gasteiger partial charge is 0.241 e. The standard InChI is InChI=1S/C19H22N8/c1-12-8-22-19-23-9-13(11-26(12)19)16-6-7-27-17(16)10-21-18(25-27)24-15-4-2-14(20)3-5-15/h6-11,14-15H,2-5,20H2,1H3,(H,24,25). The molecule has 0 saturated heterocycles. The van der Waals surface area contributed by atoms with Crippen LogP contribution < -0.4 is 11.1 Å². The third-order valence-electron chi connectivity index (χ3n) is 5.38. The lowest BCUT2D eigenvalue weighted by molar-refractivity contribution is 0.409. The summed E-state index contributed by atoms with van der Waals surface area (Å²) in [7, 11) is 0. The van der Waals surface area contributed by atoms with Crippen LogP contribution >= 0.6 is 0 Å². The fourth-order valence-corrected chi connectivity index (χ4v) is 3.78. The number of hydrogen-bond donors (Lipinski definition) is 2. The minimum absolute atomic E-state index is 0.337. The largest absolute Gasteiger partial charge is 0.350 e. The molecule has 4 aromatic heterocycles. The number of nitrogens with one attached hydrogen (secondary N) is 1. The number of hydrogen-bond acceptors (Lipinski definition) is 6. The summed E-state index contributed by atoms with van der Waals surface area (Å²) >= 11 is 0. The Balaban J connectivity index is 1.45. The van der Waals surface area contributed by atoms with Gasteiger partial charge in [0.2, 0.25) is 11.7 Å². The quantitative estimate of drug-likeness (QED) is 0.581. The van der Waals surface area contributed by atoms with Crippen molar-refractivity contribution < 1.29 is 0 Å². The normalized spacial score (nSPS) is 20.4. The number of fused-ring (bicyclic) bond motifs is 2. The van der Waals surface area contributed by atoms with Crippen LogP contribution in [0.15, 0.2) is 37.1 Å². The maximum atomic E-state index is 5.99. The summed E-state index contributed by atoms with van der Waals surface area (Å²) in [4.78, 5) is 13.3. The van der Waals surface area contributed by atoms with Gasteiger partial charge in [0.25, 0.3) is 0 Å². The molecule has 8 nitrogen and oxygen atoms in total. The van der Waals surface area contributed by atoms with E-state index in [4.69, 9.17) is 5.73 Å². The molecular formula is C19H22N8. The van der Waals surface area contributed by atoms with E-state index in [2.05, 4.69) is 31.6 Å². The van der Waals surface area contributed by atoms with Crippen LogP contribution in [0.1, 0.15) is 31.4 Å². The fraction of sp³-hybridized carbons (Fsp3) is 0.368. The Labute approximate surface area is 156 Å². The van der Waals surface area contributed by atoms with E-state index in [0.717, 1.165) is 48.0 Å². The molecule has 0 amide bonds. The number of rotatable bonds is 3. The minimum Gasteiger partial charge on any atom is -0.350 e. The molecule has 0 atom stereocenters. The van der Waals surface area contributed by atoms with Gasteiger partial charge >= 0.3 is 0 Å². The van der Waals surface area contributed by atoms with Crippen molar-refractivity contribution in [2.45, 2.75) is 44.7 Å². The minimum atomic E-state index is 0.337. The van der Waals surface area contributed by atoms with Crippen molar-refractivity contribution in [3.8, 4) is 11.1 Å². The molecule has 27 heavy (non-hydrogen) atoms. The molecule has 1 aliphatic rings. The van der Waals surface area contributed by atoms with Gasteiger partial charge < -0.3 is 11.1 Å². The van der Waals surface area contributed by atoms with Gasteiger partial charge in [-0.15, -0.1) is 5.10 Å². The van der Waals surface area contributed by atoms with Crippen LogP contribution in [0.3, 0.4) is 0 Å².